The van der Waals surface area contributed by atoms with Crippen LogP contribution in [0.25, 0.3) is 66.7 Å². The Morgan fingerprint density at radius 1 is 0.508 bits per heavy atom. The highest BCUT2D eigenvalue weighted by molar-refractivity contribution is 9.24. The Morgan fingerprint density at radius 3 is 1.75 bits per heavy atom. The van der Waals surface area contributed by atoms with Gasteiger partial charge >= 0.3 is 0 Å². The van der Waals surface area contributed by atoms with Gasteiger partial charge in [-0.05, 0) is 212 Å². The molecule has 2 heterocycles. The fourth-order valence-corrected chi connectivity index (χ4v) is 19.2. The SMILES string of the molecule is CSS1(SC)c2cc(-c3cc(C)c(N(c4c(C)cc(C)cc4C)c4c(C)cc(C)cc4C)cc3C)ccc2C=C2Cc3cccc4c(-c5ccc6nc7ccccc7nc6c5)cc1c2c34. The van der Waals surface area contributed by atoms with Crippen LogP contribution in [0.15, 0.2) is 131 Å². The molecule has 3 nitrogen and oxygen atoms in total. The molecule has 9 aromatic rings. The van der Waals surface area contributed by atoms with E-state index < -0.39 is 8.09 Å². The van der Waals surface area contributed by atoms with Gasteiger partial charge in [0.1, 0.15) is 0 Å². The first kappa shape index (κ1) is 41.9. The summed E-state index contributed by atoms with van der Waals surface area (Å²) in [7, 11) is 2.43. The van der Waals surface area contributed by atoms with Crippen molar-refractivity contribution in [2.45, 2.75) is 71.6 Å². The smallest absolute Gasteiger partial charge is 0.0900 e. The first-order valence-electron chi connectivity index (χ1n) is 22.5. The van der Waals surface area contributed by atoms with E-state index in [1.807, 2.05) is 39.8 Å². The molecule has 2 aliphatic rings. The van der Waals surface area contributed by atoms with Crippen LogP contribution in [0, 0.1) is 55.4 Å². The Morgan fingerprint density at radius 2 is 1.11 bits per heavy atom. The molecular formula is C59H53N3S3. The van der Waals surface area contributed by atoms with Crippen molar-refractivity contribution < 1.29 is 0 Å². The Hall–Kier alpha value is -5.79. The molecule has 0 atom stereocenters. The molecule has 0 spiro atoms. The Labute approximate surface area is 392 Å². The molecule has 0 fully saturated rings. The van der Waals surface area contributed by atoms with Crippen molar-refractivity contribution in [2.24, 2.45) is 0 Å². The average Bonchev–Trinajstić information content (AvgIpc) is 3.60. The molecule has 1 aromatic heterocycles. The highest BCUT2D eigenvalue weighted by Crippen LogP contribution is 2.81. The molecule has 0 saturated heterocycles. The summed E-state index contributed by atoms with van der Waals surface area (Å²) in [6.45, 7) is 18.1. The van der Waals surface area contributed by atoms with E-state index in [9.17, 15) is 0 Å². The molecule has 1 aliphatic heterocycles. The lowest BCUT2D eigenvalue weighted by Gasteiger charge is -2.39. The fraction of sp³-hybridized carbons (Fsp3) is 0.186. The summed E-state index contributed by atoms with van der Waals surface area (Å²) >= 11 is 0. The third-order valence-electron chi connectivity index (χ3n) is 13.8. The molecular weight excluding hydrogens is 847 g/mol. The summed E-state index contributed by atoms with van der Waals surface area (Å²) in [6, 6.07) is 45.9. The maximum Gasteiger partial charge on any atom is 0.0900 e. The van der Waals surface area contributed by atoms with E-state index >= 15 is 0 Å². The lowest BCUT2D eigenvalue weighted by atomic mass is 9.93. The predicted molar refractivity (Wildman–Crippen MR) is 287 cm³/mol. The van der Waals surface area contributed by atoms with Crippen LogP contribution >= 0.6 is 29.7 Å². The number of aromatic nitrogens is 2. The van der Waals surface area contributed by atoms with E-state index in [1.165, 1.54) is 127 Å². The second-order valence-corrected chi connectivity index (χ2v) is 26.5. The summed E-state index contributed by atoms with van der Waals surface area (Å²) in [4.78, 5) is 15.5. The topological polar surface area (TPSA) is 29.0 Å². The Balaban J connectivity index is 1.09. The summed E-state index contributed by atoms with van der Waals surface area (Å²) in [5.74, 6) is 0. The zero-order chi connectivity index (χ0) is 45.1. The van der Waals surface area contributed by atoms with Gasteiger partial charge in [0.25, 0.3) is 0 Å². The van der Waals surface area contributed by atoms with Crippen LogP contribution in [0.3, 0.4) is 0 Å². The third-order valence-corrected chi connectivity index (χ3v) is 24.0. The van der Waals surface area contributed by atoms with Crippen molar-refractivity contribution in [1.29, 1.82) is 0 Å². The number of benzene rings is 8. The zero-order valence-corrected chi connectivity index (χ0v) is 41.3. The van der Waals surface area contributed by atoms with Gasteiger partial charge in [-0.1, -0.05) is 114 Å². The van der Waals surface area contributed by atoms with Gasteiger partial charge in [0.05, 0.1) is 33.4 Å². The van der Waals surface area contributed by atoms with Gasteiger partial charge in [-0.2, -0.15) is 0 Å². The van der Waals surface area contributed by atoms with Crippen LogP contribution < -0.4 is 4.90 Å². The van der Waals surface area contributed by atoms with Crippen molar-refractivity contribution in [3.8, 4) is 22.3 Å². The average molecular weight is 900 g/mol. The minimum Gasteiger partial charge on any atom is -0.309 e. The molecule has 0 radical (unpaired) electrons. The maximum absolute atomic E-state index is 5.10. The lowest BCUT2D eigenvalue weighted by molar-refractivity contribution is 1.15. The maximum atomic E-state index is 5.10. The van der Waals surface area contributed by atoms with Gasteiger partial charge < -0.3 is 4.90 Å². The number of anilines is 3. The molecule has 0 amide bonds. The number of rotatable bonds is 7. The van der Waals surface area contributed by atoms with Crippen LogP contribution in [0.5, 0.6) is 0 Å². The molecule has 65 heavy (non-hydrogen) atoms. The number of para-hydroxylation sites is 2. The monoisotopic (exact) mass is 899 g/mol. The summed E-state index contributed by atoms with van der Waals surface area (Å²) in [5.41, 5.74) is 28.3. The molecule has 0 unspecified atom stereocenters. The van der Waals surface area contributed by atoms with Crippen molar-refractivity contribution in [2.75, 3.05) is 17.4 Å². The summed E-state index contributed by atoms with van der Waals surface area (Å²) in [5, 5.41) is 2.72. The minimum atomic E-state index is -1.65. The molecule has 0 saturated carbocycles. The minimum absolute atomic E-state index is 0.920. The second-order valence-electron chi connectivity index (χ2n) is 18.3. The van der Waals surface area contributed by atoms with Gasteiger partial charge in [-0.3, -0.25) is 0 Å². The number of aryl methyl sites for hydroxylation is 8. The first-order chi connectivity index (χ1) is 31.4. The Bertz CT molecular complexity index is 3440. The molecule has 0 bridgehead atoms. The third kappa shape index (κ3) is 6.58. The van der Waals surface area contributed by atoms with Crippen molar-refractivity contribution in [1.82, 2.24) is 9.97 Å². The number of nitrogens with zero attached hydrogens (tertiary/aromatic N) is 3. The summed E-state index contributed by atoms with van der Waals surface area (Å²) < 4.78 is 0. The molecule has 0 N–H and O–H groups in total. The van der Waals surface area contributed by atoms with Crippen LogP contribution in [0.2, 0.25) is 0 Å². The van der Waals surface area contributed by atoms with Crippen LogP contribution in [0.4, 0.5) is 17.1 Å². The highest BCUT2D eigenvalue weighted by atomic mass is 33.6. The van der Waals surface area contributed by atoms with Crippen LogP contribution in [-0.4, -0.2) is 22.5 Å². The standard InChI is InChI=1S/C59H53N3S3/c1-33-22-37(5)58(38(6)23-33)62(59-39(7)24-34(2)25-40(59)8)53-27-35(3)47(26-36(53)4)42-18-19-43-28-45-29-44-14-13-15-46-48(32-55(57(45)56(44)46)65(63-9,64-10)54(43)31-42)41-20-21-51-52(30-41)61-50-17-12-11-16-49(50)60-51/h11-28,30-32H,29H2,1-10H3. The van der Waals surface area contributed by atoms with Gasteiger partial charge in [0.2, 0.25) is 0 Å². The molecule has 1 aliphatic carbocycles. The van der Waals surface area contributed by atoms with Crippen molar-refractivity contribution in [3.63, 3.8) is 0 Å². The van der Waals surface area contributed by atoms with Gasteiger partial charge in [0.15, 0.2) is 0 Å². The van der Waals surface area contributed by atoms with Crippen molar-refractivity contribution in [3.05, 3.63) is 183 Å². The number of hydrogen-bond donors (Lipinski definition) is 0. The van der Waals surface area contributed by atoms with E-state index in [1.54, 1.807) is 0 Å². The quantitative estimate of drug-likeness (QED) is 0.117. The molecule has 8 aromatic carbocycles. The predicted octanol–water partition coefficient (Wildman–Crippen LogP) is 17.4. The normalized spacial score (nSPS) is 14.2. The zero-order valence-electron chi connectivity index (χ0n) is 38.9. The van der Waals surface area contributed by atoms with E-state index in [0.29, 0.717) is 0 Å². The van der Waals surface area contributed by atoms with Gasteiger partial charge in [-0.25, -0.2) is 9.97 Å². The van der Waals surface area contributed by atoms with E-state index in [2.05, 4.69) is 182 Å². The second kappa shape index (κ2) is 15.7. The Kier molecular flexibility index (Phi) is 10.1. The molecule has 11 rings (SSSR count). The van der Waals surface area contributed by atoms with E-state index in [-0.39, 0.29) is 0 Å². The fourth-order valence-electron chi connectivity index (χ4n) is 11.2. The van der Waals surface area contributed by atoms with E-state index in [0.717, 1.165) is 28.5 Å². The van der Waals surface area contributed by atoms with Crippen molar-refractivity contribution >= 4 is 91.2 Å². The molecule has 322 valence electrons. The van der Waals surface area contributed by atoms with Gasteiger partial charge in [-0.15, -0.1) is 0 Å². The first-order valence-corrected chi connectivity index (χ1v) is 27.6. The summed E-state index contributed by atoms with van der Waals surface area (Å²) in [6.07, 6.45) is 8.13. The number of allylic oxidation sites excluding steroid dienone is 1. The number of fused-ring (bicyclic) bond motifs is 3. The largest absolute Gasteiger partial charge is 0.309 e. The highest BCUT2D eigenvalue weighted by Gasteiger charge is 2.39. The van der Waals surface area contributed by atoms with Gasteiger partial charge in [0, 0.05) is 21.0 Å². The van der Waals surface area contributed by atoms with E-state index in [4.69, 9.17) is 9.97 Å². The number of hydrogen-bond acceptors (Lipinski definition) is 5. The van der Waals surface area contributed by atoms with Crippen LogP contribution in [0.1, 0.15) is 61.2 Å². The lowest BCUT2D eigenvalue weighted by Crippen LogP contribution is -2.17. The molecule has 6 heteroatoms. The van der Waals surface area contributed by atoms with Crippen LogP contribution in [-0.2, 0) is 6.42 Å².